The van der Waals surface area contributed by atoms with Gasteiger partial charge in [0.05, 0.1) is 12.3 Å². The number of rotatable bonds is 7. The van der Waals surface area contributed by atoms with E-state index in [2.05, 4.69) is 12.2 Å². The van der Waals surface area contributed by atoms with Gasteiger partial charge in [0, 0.05) is 32.2 Å². The highest BCUT2D eigenvalue weighted by Crippen LogP contribution is 2.22. The first-order valence-electron chi connectivity index (χ1n) is 8.24. The average molecular weight is 333 g/mol. The zero-order chi connectivity index (χ0) is 16.9. The van der Waals surface area contributed by atoms with Crippen molar-refractivity contribution in [2.24, 2.45) is 5.92 Å². The average Bonchev–Trinajstić information content (AvgIpc) is 2.47. The minimum Gasteiger partial charge on any atom is -0.342 e. The van der Waals surface area contributed by atoms with Gasteiger partial charge in [0.2, 0.25) is 15.9 Å². The summed E-state index contributed by atoms with van der Waals surface area (Å²) < 4.78 is 24.9. The monoisotopic (exact) mass is 333 g/mol. The molecular formula is C15H31N3O3S. The lowest BCUT2D eigenvalue weighted by molar-refractivity contribution is -0.133. The van der Waals surface area contributed by atoms with Crippen LogP contribution in [0.3, 0.4) is 0 Å². The van der Waals surface area contributed by atoms with Crippen molar-refractivity contribution >= 4 is 15.9 Å². The number of likely N-dealkylation sites (N-methyl/N-ethyl adjacent to an activating group) is 1. The van der Waals surface area contributed by atoms with E-state index in [1.54, 1.807) is 4.31 Å². The maximum absolute atomic E-state index is 12.4. The fourth-order valence-electron chi connectivity index (χ4n) is 3.13. The minimum absolute atomic E-state index is 0.116. The lowest BCUT2D eigenvalue weighted by Crippen LogP contribution is -2.55. The number of hydrogen-bond acceptors (Lipinski definition) is 4. The predicted octanol–water partition coefficient (Wildman–Crippen LogP) is 0.893. The molecule has 1 aliphatic rings. The molecule has 0 aromatic rings. The van der Waals surface area contributed by atoms with E-state index in [1.807, 2.05) is 25.7 Å². The van der Waals surface area contributed by atoms with Gasteiger partial charge >= 0.3 is 0 Å². The molecule has 1 heterocycles. The number of carbonyl (C=O) groups excluding carboxylic acids is 1. The van der Waals surface area contributed by atoms with Crippen molar-refractivity contribution < 1.29 is 13.2 Å². The molecule has 0 aromatic heterocycles. The van der Waals surface area contributed by atoms with Crippen molar-refractivity contribution in [1.29, 1.82) is 0 Å². The molecule has 1 saturated heterocycles. The van der Waals surface area contributed by atoms with Gasteiger partial charge < -0.3 is 10.2 Å². The molecule has 0 bridgehead atoms. The second kappa shape index (κ2) is 8.26. The lowest BCUT2D eigenvalue weighted by Gasteiger charge is -2.39. The Hall–Kier alpha value is -0.660. The Morgan fingerprint density at radius 2 is 1.91 bits per heavy atom. The van der Waals surface area contributed by atoms with Crippen LogP contribution in [0, 0.1) is 5.92 Å². The molecule has 22 heavy (non-hydrogen) atoms. The van der Waals surface area contributed by atoms with Crippen molar-refractivity contribution in [2.45, 2.75) is 52.6 Å². The minimum atomic E-state index is -3.13. The number of nitrogens with one attached hydrogen (secondary N) is 1. The summed E-state index contributed by atoms with van der Waals surface area (Å²) in [6.45, 7) is 10.4. The van der Waals surface area contributed by atoms with Gasteiger partial charge in [-0.25, -0.2) is 12.7 Å². The van der Waals surface area contributed by atoms with E-state index in [0.29, 0.717) is 26.2 Å². The van der Waals surface area contributed by atoms with Gasteiger partial charge in [0.1, 0.15) is 0 Å². The Balaban J connectivity index is 2.67. The van der Waals surface area contributed by atoms with E-state index in [-0.39, 0.29) is 23.9 Å². The highest BCUT2D eigenvalue weighted by Gasteiger charge is 2.33. The first-order valence-corrected chi connectivity index (χ1v) is 10.1. The van der Waals surface area contributed by atoms with Crippen molar-refractivity contribution in [3.63, 3.8) is 0 Å². The fraction of sp³-hybridized carbons (Fsp3) is 0.933. The second-order valence-electron chi connectivity index (χ2n) is 6.08. The van der Waals surface area contributed by atoms with Crippen LogP contribution in [0.2, 0.25) is 0 Å². The summed E-state index contributed by atoms with van der Waals surface area (Å²) in [6, 6.07) is -0.0405. The van der Waals surface area contributed by atoms with Gasteiger partial charge in [-0.1, -0.05) is 13.3 Å². The van der Waals surface area contributed by atoms with Gasteiger partial charge in [-0.05, 0) is 33.1 Å². The number of piperidine rings is 1. The highest BCUT2D eigenvalue weighted by atomic mass is 32.2. The Morgan fingerprint density at radius 1 is 1.32 bits per heavy atom. The molecule has 0 aromatic carbocycles. The van der Waals surface area contributed by atoms with Crippen LogP contribution in [0.1, 0.15) is 40.5 Å². The van der Waals surface area contributed by atoms with Gasteiger partial charge in [0.25, 0.3) is 0 Å². The molecule has 0 spiro atoms. The topological polar surface area (TPSA) is 69.7 Å². The molecule has 0 unspecified atom stereocenters. The van der Waals surface area contributed by atoms with Crippen LogP contribution < -0.4 is 5.32 Å². The molecule has 1 aliphatic heterocycles. The number of carbonyl (C=O) groups is 1. The molecule has 0 radical (unpaired) electrons. The SMILES string of the molecule is CC[C@@H]1CN(S(C)(=O)=O)CC[C@@H]1N[C@@H](C)C(=O)N(CC)CC. The van der Waals surface area contributed by atoms with Crippen LogP contribution in [0.5, 0.6) is 0 Å². The molecule has 1 amide bonds. The van der Waals surface area contributed by atoms with Gasteiger partial charge in [0.15, 0.2) is 0 Å². The third-order valence-electron chi connectivity index (χ3n) is 4.60. The number of hydrogen-bond donors (Lipinski definition) is 1. The molecule has 1 N–H and O–H groups in total. The van der Waals surface area contributed by atoms with Crippen LogP contribution in [0.4, 0.5) is 0 Å². The third kappa shape index (κ3) is 4.93. The normalized spacial score (nSPS) is 25.0. The van der Waals surface area contributed by atoms with Crippen molar-refractivity contribution in [2.75, 3.05) is 32.4 Å². The van der Waals surface area contributed by atoms with Crippen LogP contribution in [0.15, 0.2) is 0 Å². The van der Waals surface area contributed by atoms with E-state index in [4.69, 9.17) is 0 Å². The zero-order valence-electron chi connectivity index (χ0n) is 14.5. The van der Waals surface area contributed by atoms with Crippen LogP contribution in [-0.2, 0) is 14.8 Å². The van der Waals surface area contributed by atoms with Gasteiger partial charge in [-0.3, -0.25) is 4.79 Å². The highest BCUT2D eigenvalue weighted by molar-refractivity contribution is 7.88. The second-order valence-corrected chi connectivity index (χ2v) is 8.07. The summed E-state index contributed by atoms with van der Waals surface area (Å²) in [5.74, 6) is 0.362. The van der Waals surface area contributed by atoms with Crippen molar-refractivity contribution in [1.82, 2.24) is 14.5 Å². The molecule has 7 heteroatoms. The van der Waals surface area contributed by atoms with Crippen LogP contribution >= 0.6 is 0 Å². The third-order valence-corrected chi connectivity index (χ3v) is 5.87. The van der Waals surface area contributed by atoms with Crippen LogP contribution in [-0.4, -0.2) is 68.0 Å². The molecule has 1 fully saturated rings. The van der Waals surface area contributed by atoms with Gasteiger partial charge in [-0.15, -0.1) is 0 Å². The Kier molecular flexibility index (Phi) is 7.28. The maximum atomic E-state index is 12.4. The smallest absolute Gasteiger partial charge is 0.239 e. The largest absolute Gasteiger partial charge is 0.342 e. The molecule has 3 atom stereocenters. The predicted molar refractivity (Wildman–Crippen MR) is 89.1 cm³/mol. The maximum Gasteiger partial charge on any atom is 0.239 e. The zero-order valence-corrected chi connectivity index (χ0v) is 15.3. The van der Waals surface area contributed by atoms with E-state index in [9.17, 15) is 13.2 Å². The molecule has 0 saturated carbocycles. The summed E-state index contributed by atoms with van der Waals surface area (Å²) in [7, 11) is -3.13. The van der Waals surface area contributed by atoms with E-state index in [1.165, 1.54) is 6.26 Å². The number of nitrogens with zero attached hydrogens (tertiary/aromatic N) is 2. The van der Waals surface area contributed by atoms with Gasteiger partial charge in [-0.2, -0.15) is 0 Å². The number of amides is 1. The van der Waals surface area contributed by atoms with Crippen LogP contribution in [0.25, 0.3) is 0 Å². The fourth-order valence-corrected chi connectivity index (χ4v) is 4.03. The molecule has 6 nitrogen and oxygen atoms in total. The molecule has 0 aliphatic carbocycles. The standard InChI is InChI=1S/C15H31N3O3S/c1-6-13-11-18(22(5,20)21)10-9-14(13)16-12(4)15(19)17(7-2)8-3/h12-14,16H,6-11H2,1-5H3/t12-,13+,14-/m0/s1. The van der Waals surface area contributed by atoms with E-state index in [0.717, 1.165) is 12.8 Å². The van der Waals surface area contributed by atoms with E-state index >= 15 is 0 Å². The summed E-state index contributed by atoms with van der Waals surface area (Å²) in [5, 5.41) is 3.43. The molecular weight excluding hydrogens is 302 g/mol. The summed E-state index contributed by atoms with van der Waals surface area (Å²) in [4.78, 5) is 14.2. The van der Waals surface area contributed by atoms with Crippen molar-refractivity contribution in [3.05, 3.63) is 0 Å². The molecule has 1 rings (SSSR count). The summed E-state index contributed by atoms with van der Waals surface area (Å²) in [6.07, 6.45) is 2.91. The first-order chi connectivity index (χ1) is 10.2. The van der Waals surface area contributed by atoms with Crippen molar-refractivity contribution in [3.8, 4) is 0 Å². The number of sulfonamides is 1. The first kappa shape index (κ1) is 19.4. The summed E-state index contributed by atoms with van der Waals surface area (Å²) >= 11 is 0. The Labute approximate surface area is 135 Å². The quantitative estimate of drug-likeness (QED) is 0.751. The lowest BCUT2D eigenvalue weighted by atomic mass is 9.90. The Morgan fingerprint density at radius 3 is 2.36 bits per heavy atom. The molecule has 130 valence electrons. The van der Waals surface area contributed by atoms with E-state index < -0.39 is 10.0 Å². The Bertz CT molecular complexity index is 463. The summed E-state index contributed by atoms with van der Waals surface area (Å²) in [5.41, 5.74) is 0.